The van der Waals surface area contributed by atoms with E-state index in [0.29, 0.717) is 22.8 Å². The van der Waals surface area contributed by atoms with Crippen LogP contribution in [0.2, 0.25) is 5.02 Å². The predicted molar refractivity (Wildman–Crippen MR) is 97.5 cm³/mol. The first-order valence-electron chi connectivity index (χ1n) is 7.28. The number of benzene rings is 2. The van der Waals surface area contributed by atoms with Crippen molar-refractivity contribution in [1.29, 1.82) is 0 Å². The van der Waals surface area contributed by atoms with E-state index in [4.69, 9.17) is 11.6 Å². The molecule has 0 amide bonds. The van der Waals surface area contributed by atoms with Crippen LogP contribution in [0.25, 0.3) is 10.2 Å². The zero-order valence-electron chi connectivity index (χ0n) is 12.8. The molecule has 126 valence electrons. The average molecular weight is 383 g/mol. The molecule has 1 aromatic heterocycles. The summed E-state index contributed by atoms with van der Waals surface area (Å²) in [6.45, 7) is 2.44. The maximum Gasteiger partial charge on any atom is 0.308 e. The van der Waals surface area contributed by atoms with Crippen LogP contribution in [0.3, 0.4) is 0 Å². The summed E-state index contributed by atoms with van der Waals surface area (Å²) in [6, 6.07) is 12.0. The highest BCUT2D eigenvalue weighted by molar-refractivity contribution is 7.89. The maximum atomic E-state index is 12.3. The van der Waals surface area contributed by atoms with E-state index >= 15 is 0 Å². The number of nitrogens with zero attached hydrogens (tertiary/aromatic N) is 1. The number of hydrogen-bond donors (Lipinski definition) is 1. The fraction of sp³-hybridized carbons (Fsp3) is 0.188. The van der Waals surface area contributed by atoms with Crippen LogP contribution in [-0.4, -0.2) is 19.5 Å². The van der Waals surface area contributed by atoms with Gasteiger partial charge in [-0.25, -0.2) is 13.1 Å². The standard InChI is InChI=1S/C16H15ClN2O3S2/c1-2-18-24(21,22)13-7-8-14-15(9-13)23-16(20)19(14)10-11-3-5-12(17)6-4-11/h3-9,18H,2,10H2,1H3. The number of fused-ring (bicyclic) bond motifs is 1. The highest BCUT2D eigenvalue weighted by Gasteiger charge is 2.16. The third-order valence-electron chi connectivity index (χ3n) is 3.54. The van der Waals surface area contributed by atoms with E-state index in [1.165, 1.54) is 12.1 Å². The Kier molecular flexibility index (Phi) is 4.78. The zero-order chi connectivity index (χ0) is 17.3. The quantitative estimate of drug-likeness (QED) is 0.737. The number of halogens is 1. The summed E-state index contributed by atoms with van der Waals surface area (Å²) in [5.74, 6) is 0. The summed E-state index contributed by atoms with van der Waals surface area (Å²) in [5.41, 5.74) is 1.67. The first-order valence-corrected chi connectivity index (χ1v) is 9.96. The molecule has 0 fully saturated rings. The summed E-state index contributed by atoms with van der Waals surface area (Å²) in [7, 11) is -3.54. The van der Waals surface area contributed by atoms with Crippen LogP contribution in [0.1, 0.15) is 12.5 Å². The monoisotopic (exact) mass is 382 g/mol. The van der Waals surface area contributed by atoms with Gasteiger partial charge in [-0.1, -0.05) is 42.0 Å². The van der Waals surface area contributed by atoms with Crippen LogP contribution in [-0.2, 0) is 16.6 Å². The van der Waals surface area contributed by atoms with Gasteiger partial charge in [0.15, 0.2) is 0 Å². The van der Waals surface area contributed by atoms with Crippen molar-refractivity contribution in [2.24, 2.45) is 0 Å². The molecule has 0 aliphatic carbocycles. The van der Waals surface area contributed by atoms with Gasteiger partial charge in [0, 0.05) is 11.6 Å². The molecule has 3 rings (SSSR count). The first-order chi connectivity index (χ1) is 11.4. The minimum absolute atomic E-state index is 0.127. The molecule has 24 heavy (non-hydrogen) atoms. The Balaban J connectivity index is 2.03. The molecule has 0 spiro atoms. The molecule has 5 nitrogen and oxygen atoms in total. The van der Waals surface area contributed by atoms with Crippen molar-refractivity contribution < 1.29 is 8.42 Å². The van der Waals surface area contributed by atoms with Crippen LogP contribution < -0.4 is 9.60 Å². The Labute approximate surface area is 148 Å². The summed E-state index contributed by atoms with van der Waals surface area (Å²) in [6.07, 6.45) is 0. The van der Waals surface area contributed by atoms with Gasteiger partial charge in [0.25, 0.3) is 0 Å². The van der Waals surface area contributed by atoms with Gasteiger partial charge in [-0.05, 0) is 35.9 Å². The zero-order valence-corrected chi connectivity index (χ0v) is 15.2. The van der Waals surface area contributed by atoms with Crippen molar-refractivity contribution in [3.63, 3.8) is 0 Å². The number of aromatic nitrogens is 1. The molecular formula is C16H15ClN2O3S2. The van der Waals surface area contributed by atoms with Gasteiger partial charge in [0.1, 0.15) is 0 Å². The molecule has 1 heterocycles. The smallest absolute Gasteiger partial charge is 0.294 e. The number of sulfonamides is 1. The molecule has 0 unspecified atom stereocenters. The SMILES string of the molecule is CCNS(=O)(=O)c1ccc2c(c1)sc(=O)n2Cc1ccc(Cl)cc1. The average Bonchev–Trinajstić information content (AvgIpc) is 2.84. The lowest BCUT2D eigenvalue weighted by molar-refractivity contribution is 0.584. The summed E-state index contributed by atoms with van der Waals surface area (Å²) in [5, 5.41) is 0.638. The molecule has 0 bridgehead atoms. The van der Waals surface area contributed by atoms with Crippen molar-refractivity contribution in [1.82, 2.24) is 9.29 Å². The molecule has 3 aromatic rings. The Hall–Kier alpha value is -1.67. The molecule has 2 aromatic carbocycles. The molecule has 0 aliphatic heterocycles. The fourth-order valence-electron chi connectivity index (χ4n) is 2.41. The highest BCUT2D eigenvalue weighted by Crippen LogP contribution is 2.22. The van der Waals surface area contributed by atoms with E-state index in [9.17, 15) is 13.2 Å². The van der Waals surface area contributed by atoms with Crippen LogP contribution >= 0.6 is 22.9 Å². The minimum atomic E-state index is -3.54. The van der Waals surface area contributed by atoms with Gasteiger partial charge in [0.2, 0.25) is 10.0 Å². The Morgan fingerprint density at radius 3 is 2.54 bits per heavy atom. The van der Waals surface area contributed by atoms with E-state index < -0.39 is 10.0 Å². The largest absolute Gasteiger partial charge is 0.308 e. The second-order valence-electron chi connectivity index (χ2n) is 5.21. The third-order valence-corrected chi connectivity index (χ3v) is 6.28. The Morgan fingerprint density at radius 1 is 1.17 bits per heavy atom. The van der Waals surface area contributed by atoms with Crippen LogP contribution in [0.15, 0.2) is 52.2 Å². The lowest BCUT2D eigenvalue weighted by atomic mass is 10.2. The third kappa shape index (κ3) is 3.39. The molecule has 0 saturated heterocycles. The van der Waals surface area contributed by atoms with Crippen LogP contribution in [0.4, 0.5) is 0 Å². The van der Waals surface area contributed by atoms with Crippen molar-refractivity contribution in [3.8, 4) is 0 Å². The van der Waals surface area contributed by atoms with Gasteiger partial charge in [0.05, 0.1) is 21.7 Å². The molecule has 0 atom stereocenters. The van der Waals surface area contributed by atoms with E-state index in [-0.39, 0.29) is 9.77 Å². The summed E-state index contributed by atoms with van der Waals surface area (Å²) in [4.78, 5) is 12.3. The van der Waals surface area contributed by atoms with Gasteiger partial charge in [-0.3, -0.25) is 9.36 Å². The minimum Gasteiger partial charge on any atom is -0.294 e. The molecule has 0 aliphatic rings. The van der Waals surface area contributed by atoms with Crippen molar-refractivity contribution in [2.75, 3.05) is 6.54 Å². The van der Waals surface area contributed by atoms with Gasteiger partial charge in [-0.2, -0.15) is 0 Å². The van der Waals surface area contributed by atoms with Gasteiger partial charge >= 0.3 is 4.87 Å². The lowest BCUT2D eigenvalue weighted by Gasteiger charge is -2.06. The number of thiazole rings is 1. The Morgan fingerprint density at radius 2 is 1.88 bits per heavy atom. The van der Waals surface area contributed by atoms with Crippen molar-refractivity contribution >= 4 is 43.2 Å². The van der Waals surface area contributed by atoms with E-state index in [2.05, 4.69) is 4.72 Å². The molecule has 0 saturated carbocycles. The molecule has 1 N–H and O–H groups in total. The van der Waals surface area contributed by atoms with E-state index in [0.717, 1.165) is 22.4 Å². The summed E-state index contributed by atoms with van der Waals surface area (Å²) >= 11 is 6.92. The van der Waals surface area contributed by atoms with Crippen LogP contribution in [0.5, 0.6) is 0 Å². The molecule has 0 radical (unpaired) electrons. The van der Waals surface area contributed by atoms with Crippen LogP contribution in [0, 0.1) is 0 Å². The van der Waals surface area contributed by atoms with E-state index in [1.807, 2.05) is 12.1 Å². The summed E-state index contributed by atoms with van der Waals surface area (Å²) < 4.78 is 28.9. The van der Waals surface area contributed by atoms with Gasteiger partial charge in [-0.15, -0.1) is 0 Å². The number of rotatable bonds is 5. The van der Waals surface area contributed by atoms with Gasteiger partial charge < -0.3 is 0 Å². The van der Waals surface area contributed by atoms with Crippen molar-refractivity contribution in [3.05, 3.63) is 62.7 Å². The second kappa shape index (κ2) is 6.68. The van der Waals surface area contributed by atoms with Crippen molar-refractivity contribution in [2.45, 2.75) is 18.4 Å². The van der Waals surface area contributed by atoms with E-state index in [1.54, 1.807) is 29.7 Å². The molecular weight excluding hydrogens is 368 g/mol. The second-order valence-corrected chi connectivity index (χ2v) is 8.41. The lowest BCUT2D eigenvalue weighted by Crippen LogP contribution is -2.23. The highest BCUT2D eigenvalue weighted by atomic mass is 35.5. The molecule has 8 heteroatoms. The number of hydrogen-bond acceptors (Lipinski definition) is 4. The predicted octanol–water partition coefficient (Wildman–Crippen LogP) is 3.06. The Bertz CT molecular complexity index is 1040. The maximum absolute atomic E-state index is 12.3. The fourth-order valence-corrected chi connectivity index (χ4v) is 4.61. The number of nitrogens with one attached hydrogen (secondary N) is 1. The normalized spacial score (nSPS) is 11.9. The first kappa shape index (κ1) is 17.2. The topological polar surface area (TPSA) is 68.2 Å².